The highest BCUT2D eigenvalue weighted by Gasteiger charge is 2.09. The SMILES string of the molecule is COc1cc(CC(=O)O)ccc1Oc1ccccc1.CS(=O)(=O)c1ccc(C(=O)O)cc1. The normalized spacial score (nSPS) is 10.4. The molecule has 0 atom stereocenters. The van der Waals surface area contributed by atoms with Crippen LogP contribution in [0.25, 0.3) is 0 Å². The van der Waals surface area contributed by atoms with Gasteiger partial charge in [-0.3, -0.25) is 4.79 Å². The van der Waals surface area contributed by atoms with Crippen molar-refractivity contribution in [2.45, 2.75) is 11.3 Å². The van der Waals surface area contributed by atoms with E-state index in [0.29, 0.717) is 22.8 Å². The zero-order valence-electron chi connectivity index (χ0n) is 17.4. The smallest absolute Gasteiger partial charge is 0.335 e. The van der Waals surface area contributed by atoms with E-state index >= 15 is 0 Å². The van der Waals surface area contributed by atoms with Crippen molar-refractivity contribution in [2.24, 2.45) is 0 Å². The van der Waals surface area contributed by atoms with Gasteiger partial charge in [0.25, 0.3) is 0 Å². The number of aliphatic carboxylic acids is 1. The maximum Gasteiger partial charge on any atom is 0.335 e. The van der Waals surface area contributed by atoms with E-state index in [2.05, 4.69) is 0 Å². The Morgan fingerprint density at radius 2 is 1.50 bits per heavy atom. The van der Waals surface area contributed by atoms with Crippen LogP contribution in [0.5, 0.6) is 17.2 Å². The number of methoxy groups -OCH3 is 1. The predicted octanol–water partition coefficient (Wildman–Crippen LogP) is 3.90. The highest BCUT2D eigenvalue weighted by Crippen LogP contribution is 2.32. The molecule has 0 aromatic heterocycles. The zero-order valence-corrected chi connectivity index (χ0v) is 18.2. The van der Waals surface area contributed by atoms with Crippen LogP contribution in [0.1, 0.15) is 15.9 Å². The molecule has 8 nitrogen and oxygen atoms in total. The molecule has 3 aromatic carbocycles. The zero-order chi connectivity index (χ0) is 23.7. The van der Waals surface area contributed by atoms with Gasteiger partial charge in [-0.2, -0.15) is 0 Å². The van der Waals surface area contributed by atoms with Gasteiger partial charge in [0, 0.05) is 6.26 Å². The van der Waals surface area contributed by atoms with Gasteiger partial charge in [-0.25, -0.2) is 13.2 Å². The molecule has 3 aromatic rings. The van der Waals surface area contributed by atoms with Gasteiger partial charge in [-0.1, -0.05) is 24.3 Å². The Hall–Kier alpha value is -3.85. The van der Waals surface area contributed by atoms with Crippen molar-refractivity contribution in [3.05, 3.63) is 83.9 Å². The third-order valence-electron chi connectivity index (χ3n) is 4.08. The van der Waals surface area contributed by atoms with Crippen LogP contribution >= 0.6 is 0 Å². The standard InChI is InChI=1S/C15H14O4.C8H8O4S/c1-18-14-9-11(10-15(16)17)7-8-13(14)19-12-5-3-2-4-6-12;1-13(11,12)7-4-2-6(3-5-7)8(9)10/h2-9H,10H2,1H3,(H,16,17);2-5H,1H3,(H,9,10). The summed E-state index contributed by atoms with van der Waals surface area (Å²) in [5.74, 6) is -0.170. The van der Waals surface area contributed by atoms with Crippen LogP contribution in [-0.4, -0.2) is 43.9 Å². The van der Waals surface area contributed by atoms with Crippen molar-refractivity contribution in [2.75, 3.05) is 13.4 Å². The molecule has 0 bridgehead atoms. The van der Waals surface area contributed by atoms with E-state index in [9.17, 15) is 18.0 Å². The van der Waals surface area contributed by atoms with Gasteiger partial charge < -0.3 is 19.7 Å². The topological polar surface area (TPSA) is 127 Å². The van der Waals surface area contributed by atoms with E-state index in [4.69, 9.17) is 19.7 Å². The fraction of sp³-hybridized carbons (Fsp3) is 0.130. The lowest BCUT2D eigenvalue weighted by atomic mass is 10.1. The third-order valence-corrected chi connectivity index (χ3v) is 5.21. The molecule has 0 radical (unpaired) electrons. The number of aromatic carboxylic acids is 1. The van der Waals surface area contributed by atoms with Crippen molar-refractivity contribution in [1.82, 2.24) is 0 Å². The van der Waals surface area contributed by atoms with Crippen LogP contribution in [0.3, 0.4) is 0 Å². The van der Waals surface area contributed by atoms with Gasteiger partial charge in [0.2, 0.25) is 0 Å². The molecule has 0 amide bonds. The Kier molecular flexibility index (Phi) is 8.37. The number of carboxylic acids is 2. The van der Waals surface area contributed by atoms with E-state index in [1.165, 1.54) is 31.4 Å². The molecule has 9 heteroatoms. The second-order valence-electron chi connectivity index (χ2n) is 6.57. The molecule has 0 spiro atoms. The Bertz CT molecular complexity index is 1170. The summed E-state index contributed by atoms with van der Waals surface area (Å²) in [6, 6.07) is 19.5. The van der Waals surface area contributed by atoms with E-state index in [0.717, 1.165) is 6.26 Å². The maximum atomic E-state index is 11.0. The maximum absolute atomic E-state index is 11.0. The van der Waals surface area contributed by atoms with Crippen molar-refractivity contribution in [3.8, 4) is 17.2 Å². The van der Waals surface area contributed by atoms with Crippen molar-refractivity contribution >= 4 is 21.8 Å². The van der Waals surface area contributed by atoms with Crippen LogP contribution in [-0.2, 0) is 21.1 Å². The summed E-state index contributed by atoms with van der Waals surface area (Å²) < 4.78 is 32.8. The van der Waals surface area contributed by atoms with Gasteiger partial charge >= 0.3 is 11.9 Å². The molecule has 0 saturated heterocycles. The Morgan fingerprint density at radius 3 is 2.00 bits per heavy atom. The lowest BCUT2D eigenvalue weighted by molar-refractivity contribution is -0.136. The van der Waals surface area contributed by atoms with Gasteiger partial charge in [0.05, 0.1) is 24.0 Å². The van der Waals surface area contributed by atoms with Crippen LogP contribution < -0.4 is 9.47 Å². The minimum atomic E-state index is -3.24. The number of carbonyl (C=O) groups is 2. The van der Waals surface area contributed by atoms with Gasteiger partial charge in [-0.15, -0.1) is 0 Å². The minimum Gasteiger partial charge on any atom is -0.493 e. The van der Waals surface area contributed by atoms with E-state index in [-0.39, 0.29) is 16.9 Å². The number of para-hydroxylation sites is 1. The minimum absolute atomic E-state index is 0.0397. The second-order valence-corrected chi connectivity index (χ2v) is 8.59. The first kappa shape index (κ1) is 24.4. The number of rotatable bonds is 7. The quantitative estimate of drug-likeness (QED) is 0.546. The molecule has 0 fully saturated rings. The average Bonchev–Trinajstić information content (AvgIpc) is 2.75. The van der Waals surface area contributed by atoms with Gasteiger partial charge in [0.1, 0.15) is 5.75 Å². The van der Waals surface area contributed by atoms with Crippen LogP contribution in [0, 0.1) is 0 Å². The van der Waals surface area contributed by atoms with E-state index < -0.39 is 21.8 Å². The third kappa shape index (κ3) is 7.44. The Morgan fingerprint density at radius 1 is 0.875 bits per heavy atom. The molecular weight excluding hydrogens is 436 g/mol. The Balaban J connectivity index is 0.000000244. The predicted molar refractivity (Wildman–Crippen MR) is 117 cm³/mol. The highest BCUT2D eigenvalue weighted by molar-refractivity contribution is 7.90. The molecule has 0 aliphatic heterocycles. The number of benzene rings is 3. The summed E-state index contributed by atoms with van der Waals surface area (Å²) in [5.41, 5.74) is 0.747. The first-order chi connectivity index (χ1) is 15.1. The summed E-state index contributed by atoms with van der Waals surface area (Å²) >= 11 is 0. The van der Waals surface area contributed by atoms with Gasteiger partial charge in [-0.05, 0) is 54.1 Å². The summed E-state index contributed by atoms with van der Waals surface area (Å²) in [5, 5.41) is 17.3. The number of hydrogen-bond donors (Lipinski definition) is 2. The molecule has 32 heavy (non-hydrogen) atoms. The van der Waals surface area contributed by atoms with Gasteiger partial charge in [0.15, 0.2) is 21.3 Å². The molecule has 0 unspecified atom stereocenters. The number of hydrogen-bond acceptors (Lipinski definition) is 6. The first-order valence-electron chi connectivity index (χ1n) is 9.25. The van der Waals surface area contributed by atoms with E-state index in [1.807, 2.05) is 30.3 Å². The summed E-state index contributed by atoms with van der Waals surface area (Å²) in [6.45, 7) is 0. The lowest BCUT2D eigenvalue weighted by Gasteiger charge is -2.11. The fourth-order valence-electron chi connectivity index (χ4n) is 2.54. The van der Waals surface area contributed by atoms with Crippen LogP contribution in [0.15, 0.2) is 77.7 Å². The molecular formula is C23H22O8S. The Labute approximate surface area is 185 Å². The molecule has 0 saturated carbocycles. The first-order valence-corrected chi connectivity index (χ1v) is 11.1. The summed E-state index contributed by atoms with van der Waals surface area (Å²) in [7, 11) is -1.71. The lowest BCUT2D eigenvalue weighted by Crippen LogP contribution is -2.00. The number of ether oxygens (including phenoxy) is 2. The second kappa shape index (κ2) is 11.0. The van der Waals surface area contributed by atoms with Crippen molar-refractivity contribution in [1.29, 1.82) is 0 Å². The molecule has 0 heterocycles. The van der Waals surface area contributed by atoms with E-state index in [1.54, 1.807) is 18.2 Å². The molecule has 0 aliphatic carbocycles. The highest BCUT2D eigenvalue weighted by atomic mass is 32.2. The molecule has 3 rings (SSSR count). The summed E-state index contributed by atoms with van der Waals surface area (Å²) in [6.07, 6.45) is 1.03. The number of sulfone groups is 1. The average molecular weight is 458 g/mol. The summed E-state index contributed by atoms with van der Waals surface area (Å²) in [4.78, 5) is 21.2. The number of carboxylic acid groups (broad SMARTS) is 2. The van der Waals surface area contributed by atoms with Crippen LogP contribution in [0.4, 0.5) is 0 Å². The fourth-order valence-corrected chi connectivity index (χ4v) is 3.17. The molecule has 2 N–H and O–H groups in total. The molecule has 168 valence electrons. The van der Waals surface area contributed by atoms with Crippen molar-refractivity contribution in [3.63, 3.8) is 0 Å². The molecule has 0 aliphatic rings. The largest absolute Gasteiger partial charge is 0.493 e. The van der Waals surface area contributed by atoms with Crippen molar-refractivity contribution < 1.29 is 37.7 Å². The van der Waals surface area contributed by atoms with Crippen LogP contribution in [0.2, 0.25) is 0 Å². The monoisotopic (exact) mass is 458 g/mol.